The zero-order chi connectivity index (χ0) is 12.3. The van der Waals surface area contributed by atoms with Crippen molar-refractivity contribution in [2.24, 2.45) is 7.05 Å². The molecule has 0 aliphatic rings. The molecule has 2 heterocycles. The number of ether oxygens (including phenoxy) is 1. The highest BCUT2D eigenvalue weighted by molar-refractivity contribution is 7.12. The minimum Gasteiger partial charge on any atom is -0.461 e. The molecule has 2 aromatic rings. The molecule has 0 aliphatic heterocycles. The fraction of sp³-hybridized carbons (Fsp3) is 0.273. The quantitative estimate of drug-likeness (QED) is 0.835. The van der Waals surface area contributed by atoms with Gasteiger partial charge < -0.3 is 10.5 Å². The van der Waals surface area contributed by atoms with Crippen LogP contribution in [0.3, 0.4) is 0 Å². The molecule has 0 aliphatic carbocycles. The lowest BCUT2D eigenvalue weighted by Gasteiger charge is -2.02. The Hall–Kier alpha value is -1.82. The van der Waals surface area contributed by atoms with Gasteiger partial charge in [0.15, 0.2) is 0 Å². The second-order valence-electron chi connectivity index (χ2n) is 3.61. The summed E-state index contributed by atoms with van der Waals surface area (Å²) in [5.41, 5.74) is 7.14. The Morgan fingerprint density at radius 1 is 1.65 bits per heavy atom. The maximum Gasteiger partial charge on any atom is 0.350 e. The van der Waals surface area contributed by atoms with Crippen LogP contribution in [0.5, 0.6) is 0 Å². The van der Waals surface area contributed by atoms with E-state index >= 15 is 0 Å². The molecule has 2 rings (SSSR count). The number of anilines is 1. The van der Waals surface area contributed by atoms with Crippen molar-refractivity contribution < 1.29 is 9.53 Å². The van der Waals surface area contributed by atoms with Gasteiger partial charge in [0.05, 0.1) is 18.5 Å². The van der Waals surface area contributed by atoms with E-state index in [9.17, 15) is 4.79 Å². The summed E-state index contributed by atoms with van der Waals surface area (Å²) in [6, 6.07) is 1.70. The van der Waals surface area contributed by atoms with E-state index in [4.69, 9.17) is 10.5 Å². The molecule has 90 valence electrons. The lowest BCUT2D eigenvalue weighted by Crippen LogP contribution is -2.08. The summed E-state index contributed by atoms with van der Waals surface area (Å²) in [6.45, 7) is 0.335. The molecule has 2 N–H and O–H groups in total. The number of aryl methyl sites for hydroxylation is 1. The van der Waals surface area contributed by atoms with Crippen molar-refractivity contribution in [1.29, 1.82) is 0 Å². The van der Waals surface area contributed by atoms with Gasteiger partial charge in [0.25, 0.3) is 0 Å². The molecule has 0 bridgehead atoms. The second-order valence-corrected chi connectivity index (χ2v) is 4.53. The van der Waals surface area contributed by atoms with Gasteiger partial charge in [-0.15, -0.1) is 11.3 Å². The van der Waals surface area contributed by atoms with E-state index in [1.165, 1.54) is 11.3 Å². The molecule has 0 amide bonds. The molecule has 0 aromatic carbocycles. The zero-order valence-corrected chi connectivity index (χ0v) is 10.2. The molecule has 0 spiro atoms. The topological polar surface area (TPSA) is 70.1 Å². The van der Waals surface area contributed by atoms with Gasteiger partial charge in [0.2, 0.25) is 0 Å². The van der Waals surface area contributed by atoms with Gasteiger partial charge in [-0.25, -0.2) is 4.79 Å². The van der Waals surface area contributed by atoms with E-state index in [0.29, 0.717) is 23.6 Å². The number of hydrogen-bond donors (Lipinski definition) is 1. The van der Waals surface area contributed by atoms with Crippen LogP contribution in [0.1, 0.15) is 15.2 Å². The first-order valence-corrected chi connectivity index (χ1v) is 6.02. The number of nitrogens with two attached hydrogens (primary N) is 1. The highest BCUT2D eigenvalue weighted by Gasteiger charge is 2.12. The van der Waals surface area contributed by atoms with Crippen LogP contribution in [-0.2, 0) is 18.2 Å². The molecular weight excluding hydrogens is 238 g/mol. The molecule has 0 atom stereocenters. The largest absolute Gasteiger partial charge is 0.461 e. The van der Waals surface area contributed by atoms with Gasteiger partial charge in [-0.1, -0.05) is 0 Å². The third kappa shape index (κ3) is 2.85. The van der Waals surface area contributed by atoms with Crippen LogP contribution in [0, 0.1) is 0 Å². The van der Waals surface area contributed by atoms with Gasteiger partial charge >= 0.3 is 5.97 Å². The number of hydrogen-bond acceptors (Lipinski definition) is 5. The lowest BCUT2D eigenvalue weighted by molar-refractivity contribution is 0.0516. The number of rotatable bonds is 4. The monoisotopic (exact) mass is 251 g/mol. The van der Waals surface area contributed by atoms with Gasteiger partial charge in [-0.05, 0) is 17.0 Å². The van der Waals surface area contributed by atoms with Gasteiger partial charge in [-0.3, -0.25) is 4.68 Å². The van der Waals surface area contributed by atoms with Crippen molar-refractivity contribution in [3.63, 3.8) is 0 Å². The second kappa shape index (κ2) is 5.01. The minimum absolute atomic E-state index is 0.335. The van der Waals surface area contributed by atoms with Crippen molar-refractivity contribution in [1.82, 2.24) is 9.78 Å². The average Bonchev–Trinajstić information content (AvgIpc) is 2.87. The Morgan fingerprint density at radius 3 is 3.06 bits per heavy atom. The van der Waals surface area contributed by atoms with E-state index in [1.807, 2.05) is 13.2 Å². The van der Waals surface area contributed by atoms with Crippen LogP contribution in [0.15, 0.2) is 23.8 Å². The van der Waals surface area contributed by atoms with Crippen molar-refractivity contribution in [3.8, 4) is 0 Å². The van der Waals surface area contributed by atoms with E-state index in [0.717, 1.165) is 5.56 Å². The zero-order valence-electron chi connectivity index (χ0n) is 9.42. The van der Waals surface area contributed by atoms with E-state index in [-0.39, 0.29) is 5.97 Å². The van der Waals surface area contributed by atoms with Crippen LogP contribution in [0.2, 0.25) is 0 Å². The summed E-state index contributed by atoms with van der Waals surface area (Å²) in [4.78, 5) is 12.1. The molecule has 17 heavy (non-hydrogen) atoms. The van der Waals surface area contributed by atoms with Crippen molar-refractivity contribution >= 4 is 23.0 Å². The lowest BCUT2D eigenvalue weighted by atomic mass is 10.3. The normalized spacial score (nSPS) is 10.4. The summed E-state index contributed by atoms with van der Waals surface area (Å²) in [5, 5.41) is 5.81. The van der Waals surface area contributed by atoms with E-state index < -0.39 is 0 Å². The average molecular weight is 251 g/mol. The number of thiophene rings is 1. The smallest absolute Gasteiger partial charge is 0.350 e. The maximum absolute atomic E-state index is 11.6. The number of carbonyl (C=O) groups excluding carboxylic acids is 1. The standard InChI is InChI=1S/C11H13N3O2S/c1-14-7-8(6-13-14)2-4-16-11(15)10-9(12)3-5-17-10/h3,5-7H,2,4,12H2,1H3. The molecule has 6 heteroatoms. The summed E-state index contributed by atoms with van der Waals surface area (Å²) >= 11 is 1.29. The highest BCUT2D eigenvalue weighted by Crippen LogP contribution is 2.19. The molecule has 0 fully saturated rings. The van der Waals surface area contributed by atoms with Crippen LogP contribution >= 0.6 is 11.3 Å². The third-order valence-electron chi connectivity index (χ3n) is 2.26. The molecular formula is C11H13N3O2S. The van der Waals surface area contributed by atoms with Crippen LogP contribution in [-0.4, -0.2) is 22.4 Å². The van der Waals surface area contributed by atoms with E-state index in [1.54, 1.807) is 22.3 Å². The number of aromatic nitrogens is 2. The first kappa shape index (κ1) is 11.7. The predicted molar refractivity (Wildman–Crippen MR) is 65.9 cm³/mol. The maximum atomic E-state index is 11.6. The van der Waals surface area contributed by atoms with Crippen molar-refractivity contribution in [3.05, 3.63) is 34.3 Å². The molecule has 0 saturated carbocycles. The van der Waals surface area contributed by atoms with Gasteiger partial charge in [0.1, 0.15) is 4.88 Å². The summed E-state index contributed by atoms with van der Waals surface area (Å²) in [5.74, 6) is -0.360. The van der Waals surface area contributed by atoms with Crippen molar-refractivity contribution in [2.75, 3.05) is 12.3 Å². The Labute approximate surface area is 103 Å². The fourth-order valence-corrected chi connectivity index (χ4v) is 2.12. The number of carbonyl (C=O) groups is 1. The first-order chi connectivity index (χ1) is 8.16. The van der Waals surface area contributed by atoms with Crippen LogP contribution in [0.25, 0.3) is 0 Å². The molecule has 2 aromatic heterocycles. The molecule has 0 radical (unpaired) electrons. The van der Waals surface area contributed by atoms with Gasteiger partial charge in [-0.2, -0.15) is 5.10 Å². The third-order valence-corrected chi connectivity index (χ3v) is 3.17. The number of nitrogen functional groups attached to an aromatic ring is 1. The molecule has 5 nitrogen and oxygen atoms in total. The Bertz CT molecular complexity index is 518. The number of esters is 1. The Kier molecular flexibility index (Phi) is 3.43. The Morgan fingerprint density at radius 2 is 2.47 bits per heavy atom. The SMILES string of the molecule is Cn1cc(CCOC(=O)c2sccc2N)cn1. The molecule has 0 saturated heterocycles. The summed E-state index contributed by atoms with van der Waals surface area (Å²) < 4.78 is 6.85. The Balaban J connectivity index is 1.83. The predicted octanol–water partition coefficient (Wildman–Crippen LogP) is 1.46. The highest BCUT2D eigenvalue weighted by atomic mass is 32.1. The van der Waals surface area contributed by atoms with Crippen molar-refractivity contribution in [2.45, 2.75) is 6.42 Å². The van der Waals surface area contributed by atoms with Crippen LogP contribution in [0.4, 0.5) is 5.69 Å². The van der Waals surface area contributed by atoms with Crippen LogP contribution < -0.4 is 5.73 Å². The number of nitrogens with zero attached hydrogens (tertiary/aromatic N) is 2. The van der Waals surface area contributed by atoms with Gasteiger partial charge in [0, 0.05) is 19.7 Å². The summed E-state index contributed by atoms with van der Waals surface area (Å²) in [7, 11) is 1.85. The fourth-order valence-electron chi connectivity index (χ4n) is 1.41. The molecule has 0 unspecified atom stereocenters. The summed E-state index contributed by atoms with van der Waals surface area (Å²) in [6.07, 6.45) is 4.31. The van der Waals surface area contributed by atoms with E-state index in [2.05, 4.69) is 5.10 Å². The first-order valence-electron chi connectivity index (χ1n) is 5.14. The minimum atomic E-state index is -0.360.